The van der Waals surface area contributed by atoms with Gasteiger partial charge >= 0.3 is 0 Å². The lowest BCUT2D eigenvalue weighted by Gasteiger charge is -2.31. The molecule has 0 atom stereocenters. The number of halogens is 2. The standard InChI is InChI=1S/C23H28BrClN2O4S/c1-4-15-12-18(24)13-16(5-2)22(15)26-23(28)17-8-10-27(11-9-17)32(29,30)21-14-19(25)6-7-20(21)31-3/h6-7,12-14,17H,4-5,8-11H2,1-3H3,(H,26,28). The molecule has 1 aliphatic rings. The number of nitrogens with zero attached hydrogens (tertiary/aromatic N) is 1. The van der Waals surface area contributed by atoms with Gasteiger partial charge in [-0.25, -0.2) is 8.42 Å². The normalized spacial score (nSPS) is 15.5. The molecule has 0 spiro atoms. The number of amides is 1. The number of rotatable bonds is 7. The van der Waals surface area contributed by atoms with E-state index >= 15 is 0 Å². The van der Waals surface area contributed by atoms with Crippen LogP contribution in [0.25, 0.3) is 0 Å². The van der Waals surface area contributed by atoms with Gasteiger partial charge < -0.3 is 10.1 Å². The van der Waals surface area contributed by atoms with Gasteiger partial charge in [0.2, 0.25) is 15.9 Å². The molecule has 1 N–H and O–H groups in total. The number of hydrogen-bond acceptors (Lipinski definition) is 4. The predicted octanol–water partition coefficient (Wildman–Crippen LogP) is 5.28. The van der Waals surface area contributed by atoms with Crippen LogP contribution < -0.4 is 10.1 Å². The second kappa shape index (κ2) is 10.5. The Labute approximate surface area is 203 Å². The summed E-state index contributed by atoms with van der Waals surface area (Å²) >= 11 is 9.56. The first-order valence-corrected chi connectivity index (χ1v) is 13.3. The quantitative estimate of drug-likeness (QED) is 0.516. The van der Waals surface area contributed by atoms with Crippen molar-refractivity contribution in [3.05, 3.63) is 51.0 Å². The number of piperidine rings is 1. The highest BCUT2D eigenvalue weighted by molar-refractivity contribution is 9.10. The van der Waals surface area contributed by atoms with Gasteiger partial charge in [0.05, 0.1) is 7.11 Å². The zero-order chi connectivity index (χ0) is 23.5. The van der Waals surface area contributed by atoms with Gasteiger partial charge in [-0.05, 0) is 67.1 Å². The lowest BCUT2D eigenvalue weighted by atomic mass is 9.96. The maximum atomic E-state index is 13.2. The summed E-state index contributed by atoms with van der Waals surface area (Å²) in [7, 11) is -2.35. The van der Waals surface area contributed by atoms with Crippen molar-refractivity contribution in [3.8, 4) is 5.75 Å². The van der Waals surface area contributed by atoms with E-state index < -0.39 is 10.0 Å². The van der Waals surface area contributed by atoms with Crippen molar-refractivity contribution in [2.24, 2.45) is 5.92 Å². The molecule has 1 fully saturated rings. The van der Waals surface area contributed by atoms with Crippen LogP contribution in [0, 0.1) is 5.92 Å². The molecule has 0 aliphatic carbocycles. The van der Waals surface area contributed by atoms with Crippen molar-refractivity contribution in [2.75, 3.05) is 25.5 Å². The summed E-state index contributed by atoms with van der Waals surface area (Å²) in [6, 6.07) is 8.60. The summed E-state index contributed by atoms with van der Waals surface area (Å²) in [5.74, 6) is -0.0569. The average Bonchev–Trinajstić information content (AvgIpc) is 2.79. The van der Waals surface area contributed by atoms with Gasteiger partial charge in [-0.15, -0.1) is 0 Å². The third kappa shape index (κ3) is 5.30. The molecule has 1 saturated heterocycles. The van der Waals surface area contributed by atoms with Gasteiger partial charge in [-0.2, -0.15) is 4.31 Å². The van der Waals surface area contributed by atoms with E-state index in [1.165, 1.54) is 17.5 Å². The fraction of sp³-hybridized carbons (Fsp3) is 0.435. The van der Waals surface area contributed by atoms with Gasteiger partial charge in [0.1, 0.15) is 10.6 Å². The third-order valence-corrected chi connectivity index (χ3v) is 8.46. The zero-order valence-corrected chi connectivity index (χ0v) is 21.6. The van der Waals surface area contributed by atoms with Crippen molar-refractivity contribution >= 4 is 49.1 Å². The lowest BCUT2D eigenvalue weighted by molar-refractivity contribution is -0.120. The smallest absolute Gasteiger partial charge is 0.246 e. The van der Waals surface area contributed by atoms with Crippen molar-refractivity contribution in [1.29, 1.82) is 0 Å². The van der Waals surface area contributed by atoms with Crippen LogP contribution in [-0.2, 0) is 27.7 Å². The summed E-state index contributed by atoms with van der Waals surface area (Å²) in [6.45, 7) is 4.64. The molecule has 174 valence electrons. The largest absolute Gasteiger partial charge is 0.495 e. The summed E-state index contributed by atoms with van der Waals surface area (Å²) in [5.41, 5.74) is 3.04. The van der Waals surface area contributed by atoms with Gasteiger partial charge in [0.15, 0.2) is 0 Å². The maximum absolute atomic E-state index is 13.2. The SMILES string of the molecule is CCc1cc(Br)cc(CC)c1NC(=O)C1CCN(S(=O)(=O)c2cc(Cl)ccc2OC)CC1. The predicted molar refractivity (Wildman–Crippen MR) is 131 cm³/mol. The van der Waals surface area contributed by atoms with Crippen LogP contribution in [-0.4, -0.2) is 38.8 Å². The van der Waals surface area contributed by atoms with E-state index in [0.29, 0.717) is 17.9 Å². The Bertz CT molecular complexity index is 1070. The monoisotopic (exact) mass is 542 g/mol. The molecule has 3 rings (SSSR count). The molecule has 1 amide bonds. The van der Waals surface area contributed by atoms with Crippen LogP contribution in [0.15, 0.2) is 39.7 Å². The van der Waals surface area contributed by atoms with E-state index in [4.69, 9.17) is 16.3 Å². The third-order valence-electron chi connectivity index (χ3n) is 5.84. The molecule has 0 bridgehead atoms. The fourth-order valence-electron chi connectivity index (χ4n) is 4.02. The number of anilines is 1. The van der Waals surface area contributed by atoms with E-state index in [1.54, 1.807) is 12.1 Å². The lowest BCUT2D eigenvalue weighted by Crippen LogP contribution is -2.41. The molecule has 1 heterocycles. The minimum atomic E-state index is -3.77. The van der Waals surface area contributed by atoms with E-state index in [-0.39, 0.29) is 35.6 Å². The van der Waals surface area contributed by atoms with Gasteiger partial charge in [0.25, 0.3) is 0 Å². The Morgan fingerprint density at radius 2 is 1.75 bits per heavy atom. The first kappa shape index (κ1) is 25.0. The number of aryl methyl sites for hydroxylation is 2. The number of sulfonamides is 1. The summed E-state index contributed by atoms with van der Waals surface area (Å²) < 4.78 is 34.0. The molecule has 0 radical (unpaired) electrons. The molecular weight excluding hydrogens is 516 g/mol. The molecule has 0 aromatic heterocycles. The number of nitrogens with one attached hydrogen (secondary N) is 1. The fourth-order valence-corrected chi connectivity index (χ4v) is 6.46. The van der Waals surface area contributed by atoms with Crippen LogP contribution in [0.2, 0.25) is 5.02 Å². The second-order valence-electron chi connectivity index (χ2n) is 7.77. The highest BCUT2D eigenvalue weighted by atomic mass is 79.9. The number of carbonyl (C=O) groups excluding carboxylic acids is 1. The number of ether oxygens (including phenoxy) is 1. The maximum Gasteiger partial charge on any atom is 0.246 e. The molecule has 9 heteroatoms. The molecule has 1 aliphatic heterocycles. The Morgan fingerprint density at radius 1 is 1.16 bits per heavy atom. The van der Waals surface area contributed by atoms with Crippen LogP contribution in [0.1, 0.15) is 37.8 Å². The Morgan fingerprint density at radius 3 is 2.28 bits per heavy atom. The Balaban J connectivity index is 1.73. The van der Waals surface area contributed by atoms with Crippen LogP contribution in [0.4, 0.5) is 5.69 Å². The Kier molecular flexibility index (Phi) is 8.25. The molecule has 32 heavy (non-hydrogen) atoms. The van der Waals surface area contributed by atoms with Crippen molar-refractivity contribution in [2.45, 2.75) is 44.4 Å². The van der Waals surface area contributed by atoms with Crippen molar-refractivity contribution in [3.63, 3.8) is 0 Å². The number of methoxy groups -OCH3 is 1. The van der Waals surface area contributed by atoms with Gasteiger partial charge in [-0.3, -0.25) is 4.79 Å². The van der Waals surface area contributed by atoms with Crippen LogP contribution in [0.5, 0.6) is 5.75 Å². The minimum Gasteiger partial charge on any atom is -0.495 e. The minimum absolute atomic E-state index is 0.0467. The topological polar surface area (TPSA) is 75.7 Å². The molecule has 0 unspecified atom stereocenters. The van der Waals surface area contributed by atoms with Crippen molar-refractivity contribution in [1.82, 2.24) is 4.31 Å². The van der Waals surface area contributed by atoms with E-state index in [0.717, 1.165) is 34.1 Å². The van der Waals surface area contributed by atoms with Crippen molar-refractivity contribution < 1.29 is 17.9 Å². The Hall–Kier alpha value is -1.61. The van der Waals surface area contributed by atoms with Crippen LogP contribution in [0.3, 0.4) is 0 Å². The summed E-state index contributed by atoms with van der Waals surface area (Å²) in [4.78, 5) is 13.1. The highest BCUT2D eigenvalue weighted by Gasteiger charge is 2.34. The van der Waals surface area contributed by atoms with E-state index in [2.05, 4.69) is 35.1 Å². The summed E-state index contributed by atoms with van der Waals surface area (Å²) in [5, 5.41) is 3.45. The zero-order valence-electron chi connectivity index (χ0n) is 18.5. The molecule has 2 aromatic carbocycles. The second-order valence-corrected chi connectivity index (χ2v) is 11.0. The first-order chi connectivity index (χ1) is 15.2. The number of carbonyl (C=O) groups is 1. The van der Waals surface area contributed by atoms with E-state index in [1.807, 2.05) is 12.1 Å². The average molecular weight is 544 g/mol. The highest BCUT2D eigenvalue weighted by Crippen LogP contribution is 2.33. The number of benzene rings is 2. The van der Waals surface area contributed by atoms with E-state index in [9.17, 15) is 13.2 Å². The molecule has 0 saturated carbocycles. The summed E-state index contributed by atoms with van der Waals surface area (Å²) in [6.07, 6.45) is 2.52. The first-order valence-electron chi connectivity index (χ1n) is 10.7. The van der Waals surface area contributed by atoms with Gasteiger partial charge in [-0.1, -0.05) is 41.4 Å². The molecular formula is C23H28BrClN2O4S. The molecule has 6 nitrogen and oxygen atoms in total. The van der Waals surface area contributed by atoms with Gasteiger partial charge in [0, 0.05) is 34.2 Å². The van der Waals surface area contributed by atoms with Crippen LogP contribution >= 0.6 is 27.5 Å². The number of hydrogen-bond donors (Lipinski definition) is 1. The molecule has 2 aromatic rings.